The van der Waals surface area contributed by atoms with Crippen LogP contribution in [-0.4, -0.2) is 38.1 Å². The molecule has 0 aliphatic rings. The van der Waals surface area contributed by atoms with Crippen molar-refractivity contribution < 1.29 is 0 Å². The number of hydrogen-bond acceptors (Lipinski definition) is 3. The Morgan fingerprint density at radius 2 is 2.05 bits per heavy atom. The van der Waals surface area contributed by atoms with E-state index in [4.69, 9.17) is 0 Å². The molecule has 0 aliphatic heterocycles. The minimum Gasteiger partial charge on any atom is -0.314 e. The Labute approximate surface area is 126 Å². The van der Waals surface area contributed by atoms with E-state index in [0.29, 0.717) is 6.04 Å². The van der Waals surface area contributed by atoms with E-state index in [1.165, 1.54) is 28.5 Å². The lowest BCUT2D eigenvalue weighted by Gasteiger charge is -2.20. The Balaban J connectivity index is 2.05. The first-order chi connectivity index (χ1) is 9.70. The molecule has 1 aromatic heterocycles. The first kappa shape index (κ1) is 15.5. The lowest BCUT2D eigenvalue weighted by Crippen LogP contribution is -2.34. The second-order valence-corrected chi connectivity index (χ2v) is 6.62. The van der Waals surface area contributed by atoms with E-state index in [9.17, 15) is 0 Å². The van der Waals surface area contributed by atoms with E-state index in [1.807, 2.05) is 11.3 Å². The second kappa shape index (κ2) is 7.77. The van der Waals surface area contributed by atoms with Crippen LogP contribution < -0.4 is 5.32 Å². The summed E-state index contributed by atoms with van der Waals surface area (Å²) < 4.78 is 1.41. The van der Waals surface area contributed by atoms with Crippen LogP contribution >= 0.6 is 11.3 Å². The summed E-state index contributed by atoms with van der Waals surface area (Å²) >= 11 is 1.87. The summed E-state index contributed by atoms with van der Waals surface area (Å²) in [6.45, 7) is 4.49. The van der Waals surface area contributed by atoms with Gasteiger partial charge in [0.1, 0.15) is 0 Å². The average Bonchev–Trinajstić information content (AvgIpc) is 2.85. The highest BCUT2D eigenvalue weighted by Gasteiger charge is 2.12. The van der Waals surface area contributed by atoms with Crippen molar-refractivity contribution in [2.45, 2.75) is 32.2 Å². The molecule has 110 valence electrons. The lowest BCUT2D eigenvalue weighted by molar-refractivity contribution is 0.356. The average molecular weight is 290 g/mol. The van der Waals surface area contributed by atoms with Crippen LogP contribution in [0.25, 0.3) is 10.1 Å². The standard InChI is InChI=1S/C17H26N2S/c1-4-10-18-15(9-11-19(2)3)12-14-13-20-17-8-6-5-7-16(14)17/h5-8,13,15,18H,4,9-12H2,1-3H3. The third kappa shape index (κ3) is 4.30. The zero-order valence-electron chi connectivity index (χ0n) is 12.9. The molecule has 20 heavy (non-hydrogen) atoms. The zero-order chi connectivity index (χ0) is 14.4. The van der Waals surface area contributed by atoms with Crippen LogP contribution in [0.15, 0.2) is 29.6 Å². The summed E-state index contributed by atoms with van der Waals surface area (Å²) in [5.74, 6) is 0. The normalized spacial score (nSPS) is 13.2. The number of hydrogen-bond donors (Lipinski definition) is 1. The molecule has 0 saturated carbocycles. The SMILES string of the molecule is CCCNC(CCN(C)C)Cc1csc2ccccc12. The Kier molecular flexibility index (Phi) is 6.02. The molecule has 1 unspecified atom stereocenters. The molecule has 2 nitrogen and oxygen atoms in total. The number of benzene rings is 1. The van der Waals surface area contributed by atoms with Gasteiger partial charge in [0.25, 0.3) is 0 Å². The summed E-state index contributed by atoms with van der Waals surface area (Å²) in [5, 5.41) is 7.48. The van der Waals surface area contributed by atoms with Crippen LogP contribution in [0.1, 0.15) is 25.3 Å². The lowest BCUT2D eigenvalue weighted by atomic mass is 10.0. The molecule has 0 amide bonds. The van der Waals surface area contributed by atoms with E-state index in [-0.39, 0.29) is 0 Å². The maximum absolute atomic E-state index is 3.71. The summed E-state index contributed by atoms with van der Waals surface area (Å²) in [4.78, 5) is 2.27. The minimum absolute atomic E-state index is 0.579. The van der Waals surface area contributed by atoms with Crippen LogP contribution in [0.3, 0.4) is 0 Å². The maximum Gasteiger partial charge on any atom is 0.0345 e. The van der Waals surface area contributed by atoms with E-state index in [2.05, 4.69) is 60.9 Å². The predicted molar refractivity (Wildman–Crippen MR) is 90.8 cm³/mol. The molecule has 2 aromatic rings. The summed E-state index contributed by atoms with van der Waals surface area (Å²) in [7, 11) is 4.30. The van der Waals surface area contributed by atoms with Gasteiger partial charge in [-0.25, -0.2) is 0 Å². The highest BCUT2D eigenvalue weighted by molar-refractivity contribution is 7.17. The monoisotopic (exact) mass is 290 g/mol. The zero-order valence-corrected chi connectivity index (χ0v) is 13.7. The molecule has 1 aromatic carbocycles. The van der Waals surface area contributed by atoms with Crippen LogP contribution in [0, 0.1) is 0 Å². The fraction of sp³-hybridized carbons (Fsp3) is 0.529. The summed E-state index contributed by atoms with van der Waals surface area (Å²) in [6.07, 6.45) is 3.54. The van der Waals surface area contributed by atoms with E-state index in [0.717, 1.165) is 19.5 Å². The molecule has 0 aliphatic carbocycles. The molecule has 2 rings (SSSR count). The van der Waals surface area contributed by atoms with Crippen molar-refractivity contribution in [3.05, 3.63) is 35.2 Å². The molecule has 0 radical (unpaired) electrons. The van der Waals surface area contributed by atoms with Crippen LogP contribution in [-0.2, 0) is 6.42 Å². The van der Waals surface area contributed by atoms with Gasteiger partial charge in [-0.2, -0.15) is 0 Å². The molecule has 0 spiro atoms. The first-order valence-corrected chi connectivity index (χ1v) is 8.42. The Hall–Kier alpha value is -0.900. The van der Waals surface area contributed by atoms with E-state index in [1.54, 1.807) is 0 Å². The van der Waals surface area contributed by atoms with Crippen molar-refractivity contribution in [1.29, 1.82) is 0 Å². The first-order valence-electron chi connectivity index (χ1n) is 7.54. The quantitative estimate of drug-likeness (QED) is 0.796. The fourth-order valence-corrected chi connectivity index (χ4v) is 3.47. The Morgan fingerprint density at radius 1 is 1.25 bits per heavy atom. The van der Waals surface area contributed by atoms with Crippen molar-refractivity contribution in [2.75, 3.05) is 27.2 Å². The smallest absolute Gasteiger partial charge is 0.0345 e. The van der Waals surface area contributed by atoms with Gasteiger partial charge < -0.3 is 10.2 Å². The van der Waals surface area contributed by atoms with Crippen molar-refractivity contribution in [2.24, 2.45) is 0 Å². The number of nitrogens with one attached hydrogen (secondary N) is 1. The highest BCUT2D eigenvalue weighted by Crippen LogP contribution is 2.26. The molecule has 1 N–H and O–H groups in total. The third-order valence-electron chi connectivity index (χ3n) is 3.64. The van der Waals surface area contributed by atoms with Gasteiger partial charge >= 0.3 is 0 Å². The molecule has 0 fully saturated rings. The van der Waals surface area contributed by atoms with Crippen LogP contribution in [0.2, 0.25) is 0 Å². The molecule has 3 heteroatoms. The number of thiophene rings is 1. The topological polar surface area (TPSA) is 15.3 Å². The summed E-state index contributed by atoms with van der Waals surface area (Å²) in [6, 6.07) is 9.33. The van der Waals surface area contributed by atoms with E-state index >= 15 is 0 Å². The van der Waals surface area contributed by atoms with Crippen LogP contribution in [0.4, 0.5) is 0 Å². The van der Waals surface area contributed by atoms with E-state index < -0.39 is 0 Å². The number of fused-ring (bicyclic) bond motifs is 1. The number of rotatable bonds is 8. The fourth-order valence-electron chi connectivity index (χ4n) is 2.50. The summed E-state index contributed by atoms with van der Waals surface area (Å²) in [5.41, 5.74) is 1.50. The van der Waals surface area contributed by atoms with Gasteiger partial charge in [0.2, 0.25) is 0 Å². The molecule has 1 heterocycles. The molecule has 1 atom stereocenters. The van der Waals surface area contributed by atoms with Crippen molar-refractivity contribution >= 4 is 21.4 Å². The van der Waals surface area contributed by atoms with Crippen molar-refractivity contribution in [3.63, 3.8) is 0 Å². The Bertz CT molecular complexity index is 518. The minimum atomic E-state index is 0.579. The highest BCUT2D eigenvalue weighted by atomic mass is 32.1. The molecule has 0 bridgehead atoms. The van der Waals surface area contributed by atoms with Gasteiger partial charge in [-0.15, -0.1) is 11.3 Å². The number of nitrogens with zero attached hydrogens (tertiary/aromatic N) is 1. The molecular weight excluding hydrogens is 264 g/mol. The van der Waals surface area contributed by atoms with Gasteiger partial charge in [0, 0.05) is 10.7 Å². The van der Waals surface area contributed by atoms with Crippen molar-refractivity contribution in [1.82, 2.24) is 10.2 Å². The third-order valence-corrected chi connectivity index (χ3v) is 4.65. The van der Waals surface area contributed by atoms with Gasteiger partial charge in [0.05, 0.1) is 0 Å². The predicted octanol–water partition coefficient (Wildman–Crippen LogP) is 3.76. The largest absolute Gasteiger partial charge is 0.314 e. The van der Waals surface area contributed by atoms with Crippen LogP contribution in [0.5, 0.6) is 0 Å². The van der Waals surface area contributed by atoms with Gasteiger partial charge in [-0.05, 0) is 68.8 Å². The van der Waals surface area contributed by atoms with Gasteiger partial charge in [0.15, 0.2) is 0 Å². The van der Waals surface area contributed by atoms with Gasteiger partial charge in [-0.1, -0.05) is 25.1 Å². The van der Waals surface area contributed by atoms with Gasteiger partial charge in [-0.3, -0.25) is 0 Å². The molecular formula is C17H26N2S. The molecule has 0 saturated heterocycles. The Morgan fingerprint density at radius 3 is 2.80 bits per heavy atom. The maximum atomic E-state index is 3.71. The second-order valence-electron chi connectivity index (χ2n) is 5.70. The van der Waals surface area contributed by atoms with Crippen molar-refractivity contribution in [3.8, 4) is 0 Å².